The van der Waals surface area contributed by atoms with Crippen LogP contribution in [0.25, 0.3) is 0 Å². The van der Waals surface area contributed by atoms with Crippen LogP contribution in [0.15, 0.2) is 0 Å². The summed E-state index contributed by atoms with van der Waals surface area (Å²) in [6, 6.07) is 0.639. The average Bonchev–Trinajstić information content (AvgIpc) is 2.19. The predicted molar refractivity (Wildman–Crippen MR) is 39.6 cm³/mol. The minimum absolute atomic E-state index is 0. The first kappa shape index (κ1) is 8.92. The van der Waals surface area contributed by atoms with Gasteiger partial charge in [-0.25, -0.2) is 0 Å². The fourth-order valence-electron chi connectivity index (χ4n) is 1.10. The van der Waals surface area contributed by atoms with Crippen LogP contribution in [0.2, 0.25) is 0 Å². The lowest BCUT2D eigenvalue weighted by Gasteiger charge is -2.05. The molecule has 0 radical (unpaired) electrons. The molecule has 0 aromatic carbocycles. The van der Waals surface area contributed by atoms with Gasteiger partial charge in [-0.2, -0.15) is 0 Å². The molecule has 56 valence electrons. The van der Waals surface area contributed by atoms with Crippen molar-refractivity contribution in [2.75, 3.05) is 20.3 Å². The van der Waals surface area contributed by atoms with Crippen LogP contribution in [0.4, 0.5) is 0 Å². The fourth-order valence-corrected chi connectivity index (χ4v) is 1.10. The molecule has 1 aliphatic rings. The predicted octanol–water partition coefficient (Wildman–Crippen LogP) is 1.02. The van der Waals surface area contributed by atoms with Gasteiger partial charge in [-0.15, -0.1) is 0 Å². The maximum Gasteiger partial charge on any atom is 0.0615 e. The molecule has 0 aromatic heterocycles. The smallest absolute Gasteiger partial charge is 0.0615 e. The Kier molecular flexibility index (Phi) is 4.72. The summed E-state index contributed by atoms with van der Waals surface area (Å²) in [5.41, 5.74) is 0. The maximum absolute atomic E-state index is 4.96. The Morgan fingerprint density at radius 1 is 1.67 bits per heavy atom. The summed E-state index contributed by atoms with van der Waals surface area (Å²) in [5.74, 6) is 0. The van der Waals surface area contributed by atoms with Crippen molar-refractivity contribution in [3.05, 3.63) is 0 Å². The van der Waals surface area contributed by atoms with E-state index >= 15 is 0 Å². The number of rotatable bonds is 2. The van der Waals surface area contributed by atoms with E-state index in [4.69, 9.17) is 4.74 Å². The lowest BCUT2D eigenvalue weighted by Crippen LogP contribution is -2.25. The Morgan fingerprint density at radius 3 is 2.89 bits per heavy atom. The van der Waals surface area contributed by atoms with Gasteiger partial charge < -0.3 is 10.1 Å². The van der Waals surface area contributed by atoms with Crippen LogP contribution in [0.3, 0.4) is 0 Å². The normalized spacial score (nSPS) is 25.7. The fraction of sp³-hybridized carbons (Fsp3) is 1.00. The summed E-state index contributed by atoms with van der Waals surface area (Å²) < 4.78 is 4.96. The van der Waals surface area contributed by atoms with Crippen molar-refractivity contribution in [3.63, 3.8) is 0 Å². The standard InChI is InChI=1S/C6H13NO.CH4/c1-8-5-6-3-2-4-7-6;/h6-7H,2-5H2,1H3;1H4. The summed E-state index contributed by atoms with van der Waals surface area (Å²) >= 11 is 0. The lowest BCUT2D eigenvalue weighted by atomic mass is 10.2. The molecule has 1 rings (SSSR count). The molecule has 1 fully saturated rings. The van der Waals surface area contributed by atoms with Crippen molar-refractivity contribution < 1.29 is 4.74 Å². The zero-order chi connectivity index (χ0) is 5.82. The number of nitrogens with one attached hydrogen (secondary N) is 1. The van der Waals surface area contributed by atoms with Crippen LogP contribution in [0.1, 0.15) is 20.3 Å². The van der Waals surface area contributed by atoms with Crippen molar-refractivity contribution in [1.82, 2.24) is 5.32 Å². The summed E-state index contributed by atoms with van der Waals surface area (Å²) in [5, 5.41) is 3.33. The van der Waals surface area contributed by atoms with Gasteiger partial charge in [0, 0.05) is 13.2 Å². The highest BCUT2D eigenvalue weighted by molar-refractivity contribution is 4.72. The first-order valence-electron chi connectivity index (χ1n) is 3.16. The number of hydrogen-bond acceptors (Lipinski definition) is 2. The number of ether oxygens (including phenoxy) is 1. The van der Waals surface area contributed by atoms with Crippen LogP contribution in [-0.2, 0) is 4.74 Å². The maximum atomic E-state index is 4.96. The Labute approximate surface area is 57.6 Å². The van der Waals surface area contributed by atoms with Gasteiger partial charge >= 0.3 is 0 Å². The second-order valence-electron chi connectivity index (χ2n) is 2.25. The molecule has 0 amide bonds. The number of hydrogen-bond donors (Lipinski definition) is 1. The van der Waals surface area contributed by atoms with Crippen molar-refractivity contribution in [2.24, 2.45) is 0 Å². The first-order valence-corrected chi connectivity index (χ1v) is 3.16. The summed E-state index contributed by atoms with van der Waals surface area (Å²) in [6.07, 6.45) is 2.60. The zero-order valence-electron chi connectivity index (χ0n) is 5.31. The van der Waals surface area contributed by atoms with Crippen LogP contribution < -0.4 is 5.32 Å². The first-order chi connectivity index (χ1) is 3.93. The molecule has 1 N–H and O–H groups in total. The second kappa shape index (κ2) is 4.77. The van der Waals surface area contributed by atoms with E-state index in [1.54, 1.807) is 7.11 Å². The van der Waals surface area contributed by atoms with Gasteiger partial charge in [0.25, 0.3) is 0 Å². The molecule has 0 bridgehead atoms. The largest absolute Gasteiger partial charge is 0.383 e. The molecular weight excluding hydrogens is 114 g/mol. The molecule has 0 saturated carbocycles. The van der Waals surface area contributed by atoms with Crippen molar-refractivity contribution in [2.45, 2.75) is 26.3 Å². The van der Waals surface area contributed by atoms with E-state index in [1.165, 1.54) is 19.4 Å². The van der Waals surface area contributed by atoms with E-state index < -0.39 is 0 Å². The van der Waals surface area contributed by atoms with E-state index in [2.05, 4.69) is 5.32 Å². The highest BCUT2D eigenvalue weighted by Gasteiger charge is 2.11. The Bertz CT molecular complexity index is 59.9. The minimum atomic E-state index is 0. The second-order valence-corrected chi connectivity index (χ2v) is 2.25. The molecule has 2 nitrogen and oxygen atoms in total. The summed E-state index contributed by atoms with van der Waals surface area (Å²) in [7, 11) is 1.75. The third-order valence-electron chi connectivity index (χ3n) is 1.53. The highest BCUT2D eigenvalue weighted by atomic mass is 16.5. The Balaban J connectivity index is 0.000000640. The van der Waals surface area contributed by atoms with E-state index in [-0.39, 0.29) is 7.43 Å². The molecule has 9 heavy (non-hydrogen) atoms. The van der Waals surface area contributed by atoms with Crippen molar-refractivity contribution in [1.29, 1.82) is 0 Å². The lowest BCUT2D eigenvalue weighted by molar-refractivity contribution is 0.173. The van der Waals surface area contributed by atoms with E-state index in [9.17, 15) is 0 Å². The highest BCUT2D eigenvalue weighted by Crippen LogP contribution is 2.03. The Morgan fingerprint density at radius 2 is 2.44 bits per heavy atom. The minimum Gasteiger partial charge on any atom is -0.383 e. The molecule has 1 atom stereocenters. The molecule has 0 aliphatic carbocycles. The van der Waals surface area contributed by atoms with Gasteiger partial charge in [0.05, 0.1) is 6.61 Å². The topological polar surface area (TPSA) is 21.3 Å². The van der Waals surface area contributed by atoms with Crippen LogP contribution in [0.5, 0.6) is 0 Å². The zero-order valence-corrected chi connectivity index (χ0v) is 5.31. The van der Waals surface area contributed by atoms with Gasteiger partial charge in [-0.3, -0.25) is 0 Å². The van der Waals surface area contributed by atoms with E-state index in [0.717, 1.165) is 6.61 Å². The summed E-state index contributed by atoms with van der Waals surface area (Å²) in [6.45, 7) is 2.05. The summed E-state index contributed by atoms with van der Waals surface area (Å²) in [4.78, 5) is 0. The molecule has 1 unspecified atom stereocenters. The van der Waals surface area contributed by atoms with E-state index in [0.29, 0.717) is 6.04 Å². The molecule has 1 aliphatic heterocycles. The van der Waals surface area contributed by atoms with Crippen LogP contribution in [-0.4, -0.2) is 26.3 Å². The molecule has 0 spiro atoms. The van der Waals surface area contributed by atoms with Gasteiger partial charge in [0.15, 0.2) is 0 Å². The third kappa shape index (κ3) is 2.82. The molecular formula is C7H17NO. The van der Waals surface area contributed by atoms with Gasteiger partial charge in [0.1, 0.15) is 0 Å². The molecule has 0 aromatic rings. The molecule has 1 heterocycles. The van der Waals surface area contributed by atoms with Crippen LogP contribution in [0, 0.1) is 0 Å². The third-order valence-corrected chi connectivity index (χ3v) is 1.53. The molecule has 2 heteroatoms. The monoisotopic (exact) mass is 131 g/mol. The quantitative estimate of drug-likeness (QED) is 0.604. The average molecular weight is 131 g/mol. The SMILES string of the molecule is C.COCC1CCCN1. The van der Waals surface area contributed by atoms with Gasteiger partial charge in [-0.1, -0.05) is 7.43 Å². The van der Waals surface area contributed by atoms with Crippen LogP contribution >= 0.6 is 0 Å². The van der Waals surface area contributed by atoms with Crippen molar-refractivity contribution in [3.8, 4) is 0 Å². The van der Waals surface area contributed by atoms with Gasteiger partial charge in [-0.05, 0) is 19.4 Å². The molecule has 1 saturated heterocycles. The number of methoxy groups -OCH3 is 1. The van der Waals surface area contributed by atoms with Gasteiger partial charge in [0.2, 0.25) is 0 Å². The Hall–Kier alpha value is -0.0800. The van der Waals surface area contributed by atoms with E-state index in [1.807, 2.05) is 0 Å². The van der Waals surface area contributed by atoms with Crippen molar-refractivity contribution >= 4 is 0 Å².